The van der Waals surface area contributed by atoms with Gasteiger partial charge in [0.1, 0.15) is 0 Å². The monoisotopic (exact) mass is 321 g/mol. The first-order valence-corrected chi connectivity index (χ1v) is 6.17. The van der Waals surface area contributed by atoms with Crippen molar-refractivity contribution in [2.75, 3.05) is 5.48 Å². The van der Waals surface area contributed by atoms with Crippen LogP contribution < -0.4 is 10.3 Å². The summed E-state index contributed by atoms with van der Waals surface area (Å²) >= 11 is 11.5. The average Bonchev–Trinajstić information content (AvgIpc) is 2.37. The van der Waals surface area contributed by atoms with Gasteiger partial charge in [0.15, 0.2) is 5.75 Å². The molecule has 2 aromatic carbocycles. The lowest BCUT2D eigenvalue weighted by Crippen LogP contribution is -2.08. The molecule has 0 unspecified atom stereocenters. The maximum absolute atomic E-state index is 12.6. The number of para-hydroxylation sites is 1. The van der Waals surface area contributed by atoms with Gasteiger partial charge < -0.3 is 4.84 Å². The highest BCUT2D eigenvalue weighted by molar-refractivity contribution is 6.37. The molecule has 0 radical (unpaired) electrons. The zero-order chi connectivity index (χ0) is 14.8. The van der Waals surface area contributed by atoms with Gasteiger partial charge in [-0.3, -0.25) is 0 Å². The Balaban J connectivity index is 2.21. The van der Waals surface area contributed by atoms with Crippen LogP contribution in [0.3, 0.4) is 0 Å². The molecule has 7 heteroatoms. The SMILES string of the molecule is FC(F)(F)c1cc(Cl)c(ONc2ccccc2)c(Cl)c1. The van der Waals surface area contributed by atoms with Gasteiger partial charge in [0, 0.05) is 0 Å². The molecule has 0 spiro atoms. The van der Waals surface area contributed by atoms with E-state index < -0.39 is 11.7 Å². The van der Waals surface area contributed by atoms with Crippen LogP contribution in [0.1, 0.15) is 5.56 Å². The number of rotatable bonds is 3. The van der Waals surface area contributed by atoms with Gasteiger partial charge in [-0.15, -0.1) is 0 Å². The van der Waals surface area contributed by atoms with Gasteiger partial charge in [-0.25, -0.2) is 5.48 Å². The quantitative estimate of drug-likeness (QED) is 0.762. The summed E-state index contributed by atoms with van der Waals surface area (Å²) in [6.07, 6.45) is -4.52. The zero-order valence-electron chi connectivity index (χ0n) is 9.84. The summed E-state index contributed by atoms with van der Waals surface area (Å²) in [7, 11) is 0. The number of anilines is 1. The van der Waals surface area contributed by atoms with E-state index >= 15 is 0 Å². The van der Waals surface area contributed by atoms with Crippen molar-refractivity contribution in [3.63, 3.8) is 0 Å². The van der Waals surface area contributed by atoms with Gasteiger partial charge in [0.25, 0.3) is 0 Å². The third kappa shape index (κ3) is 3.49. The molecule has 0 aliphatic carbocycles. The van der Waals surface area contributed by atoms with E-state index in [1.807, 2.05) is 6.07 Å². The predicted octanol–water partition coefficient (Wildman–Crippen LogP) is 5.42. The molecule has 0 fully saturated rings. The van der Waals surface area contributed by atoms with E-state index in [0.29, 0.717) is 5.69 Å². The molecule has 1 N–H and O–H groups in total. The van der Waals surface area contributed by atoms with Crippen molar-refractivity contribution in [2.45, 2.75) is 6.18 Å². The second-order valence-electron chi connectivity index (χ2n) is 3.84. The van der Waals surface area contributed by atoms with E-state index in [2.05, 4.69) is 5.48 Å². The van der Waals surface area contributed by atoms with Crippen LogP contribution in [0.4, 0.5) is 18.9 Å². The van der Waals surface area contributed by atoms with Crippen LogP contribution in [-0.4, -0.2) is 0 Å². The third-order valence-corrected chi connectivity index (χ3v) is 2.93. The molecular weight excluding hydrogens is 314 g/mol. The summed E-state index contributed by atoms with van der Waals surface area (Å²) in [6.45, 7) is 0. The lowest BCUT2D eigenvalue weighted by molar-refractivity contribution is -0.137. The van der Waals surface area contributed by atoms with Crippen LogP contribution >= 0.6 is 23.2 Å². The van der Waals surface area contributed by atoms with E-state index in [1.165, 1.54) is 0 Å². The van der Waals surface area contributed by atoms with Crippen LogP contribution in [-0.2, 0) is 6.18 Å². The number of halogens is 5. The fourth-order valence-corrected chi connectivity index (χ4v) is 2.00. The summed E-state index contributed by atoms with van der Waals surface area (Å²) in [5.74, 6) is -0.0646. The predicted molar refractivity (Wildman–Crippen MR) is 72.2 cm³/mol. The highest BCUT2D eigenvalue weighted by atomic mass is 35.5. The van der Waals surface area contributed by atoms with E-state index in [-0.39, 0.29) is 15.8 Å². The molecule has 0 aliphatic rings. The van der Waals surface area contributed by atoms with Crippen LogP contribution in [0.25, 0.3) is 0 Å². The molecule has 0 aromatic heterocycles. The van der Waals surface area contributed by atoms with E-state index in [4.69, 9.17) is 28.0 Å². The molecule has 0 aliphatic heterocycles. The average molecular weight is 322 g/mol. The van der Waals surface area contributed by atoms with Crippen LogP contribution in [0.15, 0.2) is 42.5 Å². The number of benzene rings is 2. The molecule has 106 valence electrons. The van der Waals surface area contributed by atoms with Crippen molar-refractivity contribution < 1.29 is 18.0 Å². The van der Waals surface area contributed by atoms with Crippen LogP contribution in [0.2, 0.25) is 10.0 Å². The van der Waals surface area contributed by atoms with Crippen LogP contribution in [0.5, 0.6) is 5.75 Å². The minimum absolute atomic E-state index is 0.0646. The van der Waals surface area contributed by atoms with Gasteiger partial charge in [-0.05, 0) is 24.3 Å². The molecule has 0 heterocycles. The third-order valence-electron chi connectivity index (χ3n) is 2.37. The summed E-state index contributed by atoms with van der Waals surface area (Å²) < 4.78 is 37.7. The van der Waals surface area contributed by atoms with Crippen LogP contribution in [0, 0.1) is 0 Å². The number of hydrogen-bond donors (Lipinski definition) is 1. The largest absolute Gasteiger partial charge is 0.416 e. The fraction of sp³-hybridized carbons (Fsp3) is 0.0769. The molecular formula is C13H8Cl2F3NO. The topological polar surface area (TPSA) is 21.3 Å². The van der Waals surface area contributed by atoms with E-state index in [0.717, 1.165) is 12.1 Å². The van der Waals surface area contributed by atoms with Gasteiger partial charge in [-0.1, -0.05) is 41.4 Å². The molecule has 0 bridgehead atoms. The Labute approximate surface area is 123 Å². The normalized spacial score (nSPS) is 11.2. The molecule has 0 amide bonds. The molecule has 2 nitrogen and oxygen atoms in total. The highest BCUT2D eigenvalue weighted by Crippen LogP contribution is 2.39. The number of alkyl halides is 3. The van der Waals surface area contributed by atoms with E-state index in [9.17, 15) is 13.2 Å². The lowest BCUT2D eigenvalue weighted by atomic mass is 10.2. The Morgan fingerprint density at radius 1 is 0.950 bits per heavy atom. The smallest absolute Gasteiger partial charge is 0.379 e. The molecule has 0 saturated heterocycles. The van der Waals surface area contributed by atoms with Gasteiger partial charge in [0.2, 0.25) is 0 Å². The minimum Gasteiger partial charge on any atom is -0.379 e. The first-order valence-electron chi connectivity index (χ1n) is 5.42. The van der Waals surface area contributed by atoms with Crippen molar-refractivity contribution in [1.82, 2.24) is 0 Å². The van der Waals surface area contributed by atoms with Gasteiger partial charge >= 0.3 is 6.18 Å². The molecule has 20 heavy (non-hydrogen) atoms. The van der Waals surface area contributed by atoms with Crippen molar-refractivity contribution in [3.05, 3.63) is 58.1 Å². The Bertz CT molecular complexity index is 579. The van der Waals surface area contributed by atoms with Gasteiger partial charge in [-0.2, -0.15) is 13.2 Å². The molecule has 2 aromatic rings. The number of hydrogen-bond acceptors (Lipinski definition) is 2. The highest BCUT2D eigenvalue weighted by Gasteiger charge is 2.32. The Morgan fingerprint density at radius 3 is 2.00 bits per heavy atom. The fourth-order valence-electron chi connectivity index (χ4n) is 1.44. The maximum atomic E-state index is 12.6. The Kier molecular flexibility index (Phi) is 4.30. The Morgan fingerprint density at radius 2 is 1.50 bits per heavy atom. The second-order valence-corrected chi connectivity index (χ2v) is 4.65. The Hall–Kier alpha value is -1.59. The summed E-state index contributed by atoms with van der Waals surface area (Å²) in [5, 5.41) is -0.457. The zero-order valence-corrected chi connectivity index (χ0v) is 11.4. The van der Waals surface area contributed by atoms with Crippen molar-refractivity contribution in [3.8, 4) is 5.75 Å². The second kappa shape index (κ2) is 5.81. The lowest BCUT2D eigenvalue weighted by Gasteiger charge is -2.13. The summed E-state index contributed by atoms with van der Waals surface area (Å²) in [5.41, 5.74) is 2.23. The van der Waals surface area contributed by atoms with Crippen molar-refractivity contribution >= 4 is 28.9 Å². The summed E-state index contributed by atoms with van der Waals surface area (Å²) in [6, 6.07) is 10.3. The van der Waals surface area contributed by atoms with Gasteiger partial charge in [0.05, 0.1) is 21.3 Å². The standard InChI is InChI=1S/C13H8Cl2F3NO/c14-10-6-8(13(16,17)18)7-11(15)12(10)20-19-9-4-2-1-3-5-9/h1-7,19H. The number of nitrogens with one attached hydrogen (secondary N) is 1. The van der Waals surface area contributed by atoms with Crippen molar-refractivity contribution in [1.29, 1.82) is 0 Å². The first kappa shape index (κ1) is 14.8. The summed E-state index contributed by atoms with van der Waals surface area (Å²) in [4.78, 5) is 5.14. The molecule has 0 atom stereocenters. The first-order chi connectivity index (χ1) is 9.38. The molecule has 0 saturated carbocycles. The molecule has 2 rings (SSSR count). The van der Waals surface area contributed by atoms with Crippen molar-refractivity contribution in [2.24, 2.45) is 0 Å². The minimum atomic E-state index is -4.52. The maximum Gasteiger partial charge on any atom is 0.416 e. The van der Waals surface area contributed by atoms with E-state index in [1.54, 1.807) is 24.3 Å².